The lowest BCUT2D eigenvalue weighted by atomic mass is 10.0. The van der Waals surface area contributed by atoms with Crippen molar-refractivity contribution in [3.63, 3.8) is 0 Å². The van der Waals surface area contributed by atoms with Crippen LogP contribution < -0.4 is 15.0 Å². The van der Waals surface area contributed by atoms with Crippen molar-refractivity contribution in [1.82, 2.24) is 5.32 Å². The van der Waals surface area contributed by atoms with E-state index in [-0.39, 0.29) is 0 Å². The molecule has 0 radical (unpaired) electrons. The van der Waals surface area contributed by atoms with E-state index in [2.05, 4.69) is 52.7 Å². The van der Waals surface area contributed by atoms with Crippen LogP contribution in [-0.2, 0) is 0 Å². The third-order valence-electron chi connectivity index (χ3n) is 3.83. The number of para-hydroxylation sites is 2. The van der Waals surface area contributed by atoms with Crippen molar-refractivity contribution < 1.29 is 4.74 Å². The predicted molar refractivity (Wildman–Crippen MR) is 82.4 cm³/mol. The van der Waals surface area contributed by atoms with Crippen LogP contribution in [0.25, 0.3) is 0 Å². The molecule has 1 unspecified atom stereocenters. The lowest BCUT2D eigenvalue weighted by molar-refractivity contribution is 0.397. The van der Waals surface area contributed by atoms with Crippen molar-refractivity contribution in [2.75, 3.05) is 31.6 Å². The van der Waals surface area contributed by atoms with E-state index in [0.29, 0.717) is 6.04 Å². The SMILES string of the molecule is COc1ccccc1C1CNCCN1c1ccccc1. The van der Waals surface area contributed by atoms with Crippen molar-refractivity contribution >= 4 is 5.69 Å². The molecule has 20 heavy (non-hydrogen) atoms. The molecule has 1 atom stereocenters. The van der Waals surface area contributed by atoms with Crippen LogP contribution in [0.5, 0.6) is 5.75 Å². The molecule has 0 bridgehead atoms. The van der Waals surface area contributed by atoms with Gasteiger partial charge in [-0.3, -0.25) is 0 Å². The fourth-order valence-corrected chi connectivity index (χ4v) is 2.85. The minimum atomic E-state index is 0.308. The van der Waals surface area contributed by atoms with Gasteiger partial charge in [-0.25, -0.2) is 0 Å². The summed E-state index contributed by atoms with van der Waals surface area (Å²) in [6.07, 6.45) is 0. The zero-order valence-electron chi connectivity index (χ0n) is 11.8. The van der Waals surface area contributed by atoms with E-state index in [4.69, 9.17) is 4.74 Å². The molecule has 2 aromatic carbocycles. The number of hydrogen-bond acceptors (Lipinski definition) is 3. The Kier molecular flexibility index (Phi) is 3.88. The smallest absolute Gasteiger partial charge is 0.124 e. The van der Waals surface area contributed by atoms with Gasteiger partial charge in [-0.15, -0.1) is 0 Å². The van der Waals surface area contributed by atoms with E-state index in [1.807, 2.05) is 12.1 Å². The first-order valence-electron chi connectivity index (χ1n) is 7.05. The second kappa shape index (κ2) is 5.97. The number of rotatable bonds is 3. The summed E-state index contributed by atoms with van der Waals surface area (Å²) in [5.41, 5.74) is 2.51. The molecule has 2 aromatic rings. The average molecular weight is 268 g/mol. The second-order valence-corrected chi connectivity index (χ2v) is 4.99. The molecular weight excluding hydrogens is 248 g/mol. The van der Waals surface area contributed by atoms with Gasteiger partial charge in [-0.2, -0.15) is 0 Å². The highest BCUT2D eigenvalue weighted by Crippen LogP contribution is 2.33. The molecule has 3 nitrogen and oxygen atoms in total. The molecule has 1 heterocycles. The molecule has 1 saturated heterocycles. The number of nitrogens with zero attached hydrogens (tertiary/aromatic N) is 1. The standard InChI is InChI=1S/C17H20N2O/c1-20-17-10-6-5-9-15(17)16-13-18-11-12-19(16)14-7-3-2-4-8-14/h2-10,16,18H,11-13H2,1H3. The van der Waals surface area contributed by atoms with Gasteiger partial charge in [-0.05, 0) is 18.2 Å². The highest BCUT2D eigenvalue weighted by Gasteiger charge is 2.26. The maximum absolute atomic E-state index is 5.53. The van der Waals surface area contributed by atoms with Crippen LogP contribution in [0.15, 0.2) is 54.6 Å². The number of ether oxygens (including phenoxy) is 1. The normalized spacial score (nSPS) is 18.9. The number of benzene rings is 2. The van der Waals surface area contributed by atoms with E-state index in [1.54, 1.807) is 7.11 Å². The van der Waals surface area contributed by atoms with Crippen LogP contribution in [0.1, 0.15) is 11.6 Å². The summed E-state index contributed by atoms with van der Waals surface area (Å²) in [4.78, 5) is 2.45. The zero-order valence-corrected chi connectivity index (χ0v) is 11.8. The average Bonchev–Trinajstić information content (AvgIpc) is 2.55. The first-order valence-corrected chi connectivity index (χ1v) is 7.05. The van der Waals surface area contributed by atoms with Crippen molar-refractivity contribution in [2.24, 2.45) is 0 Å². The van der Waals surface area contributed by atoms with Crippen molar-refractivity contribution in [2.45, 2.75) is 6.04 Å². The van der Waals surface area contributed by atoms with Crippen molar-refractivity contribution in [3.05, 3.63) is 60.2 Å². The molecule has 0 spiro atoms. The minimum Gasteiger partial charge on any atom is -0.496 e. The molecule has 104 valence electrons. The third-order valence-corrected chi connectivity index (χ3v) is 3.83. The molecule has 0 aromatic heterocycles. The lowest BCUT2D eigenvalue weighted by Crippen LogP contribution is -2.46. The minimum absolute atomic E-state index is 0.308. The van der Waals surface area contributed by atoms with Gasteiger partial charge in [0.15, 0.2) is 0 Å². The van der Waals surface area contributed by atoms with Gasteiger partial charge in [0, 0.05) is 30.9 Å². The quantitative estimate of drug-likeness (QED) is 0.926. The molecule has 3 heteroatoms. The van der Waals surface area contributed by atoms with Crippen LogP contribution >= 0.6 is 0 Å². The maximum atomic E-state index is 5.53. The zero-order chi connectivity index (χ0) is 13.8. The Morgan fingerprint density at radius 1 is 1.05 bits per heavy atom. The molecule has 1 fully saturated rings. The second-order valence-electron chi connectivity index (χ2n) is 4.99. The molecule has 1 N–H and O–H groups in total. The Labute approximate surface area is 120 Å². The fraction of sp³-hybridized carbons (Fsp3) is 0.294. The molecule has 0 saturated carbocycles. The Balaban J connectivity index is 1.97. The Bertz CT molecular complexity index is 556. The maximum Gasteiger partial charge on any atom is 0.124 e. The summed E-state index contributed by atoms with van der Waals surface area (Å²) >= 11 is 0. The van der Waals surface area contributed by atoms with Crippen LogP contribution in [0.4, 0.5) is 5.69 Å². The van der Waals surface area contributed by atoms with Gasteiger partial charge in [0.05, 0.1) is 13.2 Å². The van der Waals surface area contributed by atoms with E-state index in [0.717, 1.165) is 25.4 Å². The number of anilines is 1. The summed E-state index contributed by atoms with van der Waals surface area (Å²) < 4.78 is 5.53. The van der Waals surface area contributed by atoms with Crippen LogP contribution in [0.3, 0.4) is 0 Å². The number of piperazine rings is 1. The summed E-state index contributed by atoms with van der Waals surface area (Å²) in [5.74, 6) is 0.960. The summed E-state index contributed by atoms with van der Waals surface area (Å²) in [6.45, 7) is 2.96. The van der Waals surface area contributed by atoms with Crippen LogP contribution in [0, 0.1) is 0 Å². The van der Waals surface area contributed by atoms with Gasteiger partial charge in [0.1, 0.15) is 5.75 Å². The molecule has 3 rings (SSSR count). The van der Waals surface area contributed by atoms with E-state index < -0.39 is 0 Å². The van der Waals surface area contributed by atoms with Crippen molar-refractivity contribution in [3.8, 4) is 5.75 Å². The first-order chi connectivity index (χ1) is 9.90. The highest BCUT2D eigenvalue weighted by molar-refractivity contribution is 5.51. The molecular formula is C17H20N2O. The Morgan fingerprint density at radius 2 is 1.80 bits per heavy atom. The number of hydrogen-bond donors (Lipinski definition) is 1. The lowest BCUT2D eigenvalue weighted by Gasteiger charge is -2.38. The van der Waals surface area contributed by atoms with Crippen LogP contribution in [-0.4, -0.2) is 26.7 Å². The molecule has 1 aliphatic rings. The predicted octanol–water partition coefficient (Wildman–Crippen LogP) is 2.85. The monoisotopic (exact) mass is 268 g/mol. The van der Waals surface area contributed by atoms with E-state index in [9.17, 15) is 0 Å². The molecule has 0 aliphatic carbocycles. The molecule has 1 aliphatic heterocycles. The van der Waals surface area contributed by atoms with Crippen molar-refractivity contribution in [1.29, 1.82) is 0 Å². The Hall–Kier alpha value is -2.00. The summed E-state index contributed by atoms with van der Waals surface area (Å²) in [6, 6.07) is 19.2. The number of methoxy groups -OCH3 is 1. The van der Waals surface area contributed by atoms with Gasteiger partial charge in [-0.1, -0.05) is 36.4 Å². The highest BCUT2D eigenvalue weighted by atomic mass is 16.5. The first kappa shape index (κ1) is 13.0. The summed E-state index contributed by atoms with van der Waals surface area (Å²) in [7, 11) is 1.74. The fourth-order valence-electron chi connectivity index (χ4n) is 2.85. The number of nitrogens with one attached hydrogen (secondary N) is 1. The topological polar surface area (TPSA) is 24.5 Å². The largest absolute Gasteiger partial charge is 0.496 e. The Morgan fingerprint density at radius 3 is 2.60 bits per heavy atom. The van der Waals surface area contributed by atoms with Gasteiger partial charge < -0.3 is 15.0 Å². The van der Waals surface area contributed by atoms with Crippen LogP contribution in [0.2, 0.25) is 0 Å². The van der Waals surface area contributed by atoms with E-state index in [1.165, 1.54) is 11.3 Å². The van der Waals surface area contributed by atoms with Gasteiger partial charge in [0.2, 0.25) is 0 Å². The van der Waals surface area contributed by atoms with E-state index >= 15 is 0 Å². The summed E-state index contributed by atoms with van der Waals surface area (Å²) in [5, 5.41) is 3.49. The van der Waals surface area contributed by atoms with Gasteiger partial charge in [0.25, 0.3) is 0 Å². The van der Waals surface area contributed by atoms with Gasteiger partial charge >= 0.3 is 0 Å². The third kappa shape index (κ3) is 2.49. The molecule has 0 amide bonds.